The number of hydrogen-bond donors (Lipinski definition) is 4. The van der Waals surface area contributed by atoms with Gasteiger partial charge in [0.05, 0.1) is 24.6 Å². The average molecular weight is 1210 g/mol. The lowest BCUT2D eigenvalue weighted by molar-refractivity contribution is -0.299. The van der Waals surface area contributed by atoms with Gasteiger partial charge in [-0.05, 0) is 147 Å². The monoisotopic (exact) mass is 1210 g/mol. The number of nitrogens with one attached hydrogen (secondary N) is 4. The first-order valence-corrected chi connectivity index (χ1v) is 24.9. The standard InChI is InChI=1S/C26H30BrF3N4O5.C26H28BrF3N4O4/c1-6-7-13-25(26(28,29)30,38-15-17-11-9-8-10-12-17)22(36)34-33-21(35)19-18(14-16(2)20(27)32-19)31-23(37)39-24(3,4)5;1-6-7-13-25(26(28,29)30,36-15-17-11-9-8-10-12-17)22-34-33-21(37-22)19-18(14-16(2)20(27)32-19)31-23(35)38-24(3,4)5/h6,8-12,14H,1,7,13,15H2,2-5H3,(H,31,37)(H,33,35)(H,34,36);6,8-12,14H,1,7,13,15H2,2-5H3,(H,31,35). The Balaban J connectivity index is 0.000000333. The van der Waals surface area contributed by atoms with Gasteiger partial charge in [-0.2, -0.15) is 26.3 Å². The molecule has 0 saturated carbocycles. The SMILES string of the molecule is C=CCCC(OCc1ccccc1)(C(=O)NNC(=O)c1nc(Br)c(C)cc1NC(=O)OC(C)(C)C)C(F)(F)F.C=CCCC(OCc1ccccc1)(c1nnc(-c2nc(Br)c(C)cc2NC(=O)OC(C)(C)C)o1)C(F)(F)F. The molecule has 4 N–H and O–H groups in total. The van der Waals surface area contributed by atoms with Crippen molar-refractivity contribution in [1.29, 1.82) is 0 Å². The molecule has 0 spiro atoms. The molecule has 0 saturated heterocycles. The van der Waals surface area contributed by atoms with E-state index in [4.69, 9.17) is 23.4 Å². The molecule has 0 aliphatic rings. The van der Waals surface area contributed by atoms with Crippen molar-refractivity contribution in [3.05, 3.63) is 141 Å². The van der Waals surface area contributed by atoms with Crippen molar-refractivity contribution >= 4 is 67.2 Å². The van der Waals surface area contributed by atoms with Gasteiger partial charge in [-0.1, -0.05) is 72.8 Å². The Labute approximate surface area is 457 Å². The number of carbonyl (C=O) groups is 4. The molecule has 2 aromatic carbocycles. The zero-order valence-electron chi connectivity index (χ0n) is 43.2. The fourth-order valence-electron chi connectivity index (χ4n) is 6.65. The van der Waals surface area contributed by atoms with Crippen LogP contribution in [0.1, 0.15) is 106 Å². The van der Waals surface area contributed by atoms with Crippen LogP contribution >= 0.6 is 31.9 Å². The van der Waals surface area contributed by atoms with E-state index in [0.717, 1.165) is 0 Å². The van der Waals surface area contributed by atoms with Gasteiger partial charge < -0.3 is 23.4 Å². The summed E-state index contributed by atoms with van der Waals surface area (Å²) in [6, 6.07) is 19.4. The van der Waals surface area contributed by atoms with E-state index in [9.17, 15) is 45.5 Å². The predicted octanol–water partition coefficient (Wildman–Crippen LogP) is 13.2. The van der Waals surface area contributed by atoms with Gasteiger partial charge in [0.2, 0.25) is 11.2 Å². The van der Waals surface area contributed by atoms with E-state index in [1.54, 1.807) is 122 Å². The third-order valence-electron chi connectivity index (χ3n) is 10.4. The minimum Gasteiger partial charge on any atom is -0.444 e. The van der Waals surface area contributed by atoms with Crippen molar-refractivity contribution in [1.82, 2.24) is 31.0 Å². The van der Waals surface area contributed by atoms with Gasteiger partial charge in [0, 0.05) is 0 Å². The van der Waals surface area contributed by atoms with E-state index in [2.05, 4.69) is 75.8 Å². The number of nitrogens with zero attached hydrogens (tertiary/aromatic N) is 4. The van der Waals surface area contributed by atoms with Crippen LogP contribution in [0.2, 0.25) is 0 Å². The fraction of sp³-hybridized carbons (Fsp3) is 0.385. The summed E-state index contributed by atoms with van der Waals surface area (Å²) in [5.74, 6) is -3.88. The number of aromatic nitrogens is 4. The molecule has 0 fully saturated rings. The molecule has 0 aliphatic heterocycles. The van der Waals surface area contributed by atoms with Gasteiger partial charge in [-0.15, -0.1) is 23.4 Å². The molecule has 0 aliphatic carbocycles. The van der Waals surface area contributed by atoms with Gasteiger partial charge >= 0.3 is 24.5 Å². The van der Waals surface area contributed by atoms with Crippen molar-refractivity contribution in [3.8, 4) is 11.6 Å². The first-order chi connectivity index (χ1) is 35.8. The molecule has 0 radical (unpaired) electrons. The highest BCUT2D eigenvalue weighted by Crippen LogP contribution is 2.47. The van der Waals surface area contributed by atoms with Gasteiger partial charge in [0.25, 0.3) is 23.6 Å². The van der Waals surface area contributed by atoms with Crippen molar-refractivity contribution in [2.75, 3.05) is 10.6 Å². The molecule has 25 heteroatoms. The van der Waals surface area contributed by atoms with Crippen LogP contribution in [-0.4, -0.2) is 73.3 Å². The number of ether oxygens (including phenoxy) is 4. The van der Waals surface area contributed by atoms with Crippen LogP contribution in [0, 0.1) is 13.8 Å². The number of benzene rings is 2. The number of hydrazine groups is 1. The Kier molecular flexibility index (Phi) is 21.7. The summed E-state index contributed by atoms with van der Waals surface area (Å²) in [5, 5.41) is 12.5. The Morgan fingerprint density at radius 3 is 1.62 bits per heavy atom. The number of hydrogen-bond acceptors (Lipinski definition) is 13. The second-order valence-corrected chi connectivity index (χ2v) is 20.4. The van der Waals surface area contributed by atoms with Gasteiger partial charge in [0.1, 0.15) is 20.4 Å². The third kappa shape index (κ3) is 17.7. The molecule has 17 nitrogen and oxygen atoms in total. The van der Waals surface area contributed by atoms with Gasteiger partial charge in [0.15, 0.2) is 11.4 Å². The first kappa shape index (κ1) is 62.8. The molecule has 2 atom stereocenters. The Bertz CT molecular complexity index is 2860. The van der Waals surface area contributed by atoms with Crippen LogP contribution in [0.3, 0.4) is 0 Å². The number of allylic oxidation sites excluding steroid dienone is 2. The van der Waals surface area contributed by atoms with Gasteiger partial charge in [-0.3, -0.25) is 31.1 Å². The minimum absolute atomic E-state index is 0.0359. The molecule has 5 rings (SSSR count). The highest BCUT2D eigenvalue weighted by atomic mass is 79.9. The molecular formula is C52H58Br2F6N8O9. The smallest absolute Gasteiger partial charge is 0.426 e. The maximum absolute atomic E-state index is 14.6. The number of alkyl halides is 6. The molecule has 416 valence electrons. The molecule has 3 aromatic heterocycles. The molecule has 4 amide bonds. The van der Waals surface area contributed by atoms with Crippen LogP contribution in [0.4, 0.5) is 47.3 Å². The third-order valence-corrected chi connectivity index (χ3v) is 12.0. The average Bonchev–Trinajstić information content (AvgIpc) is 3.83. The topological polar surface area (TPSA) is 218 Å². The number of pyridine rings is 2. The van der Waals surface area contributed by atoms with Crippen molar-refractivity contribution in [3.63, 3.8) is 0 Å². The van der Waals surface area contributed by atoms with Crippen LogP contribution in [-0.2, 0) is 42.6 Å². The van der Waals surface area contributed by atoms with E-state index in [1.165, 1.54) is 18.2 Å². The summed E-state index contributed by atoms with van der Waals surface area (Å²) in [5.41, 5.74) is -2.39. The van der Waals surface area contributed by atoms with E-state index in [1.807, 2.05) is 10.9 Å². The largest absolute Gasteiger partial charge is 0.444 e. The number of aryl methyl sites for hydroxylation is 2. The Hall–Kier alpha value is -6.70. The maximum Gasteiger partial charge on any atom is 0.426 e. The molecule has 77 heavy (non-hydrogen) atoms. The fourth-order valence-corrected chi connectivity index (χ4v) is 7.24. The summed E-state index contributed by atoms with van der Waals surface area (Å²) in [7, 11) is 0. The Morgan fingerprint density at radius 2 is 1.13 bits per heavy atom. The maximum atomic E-state index is 14.6. The second-order valence-electron chi connectivity index (χ2n) is 18.9. The van der Waals surface area contributed by atoms with Gasteiger partial charge in [-0.25, -0.2) is 19.6 Å². The second kappa shape index (κ2) is 26.6. The number of halogens is 8. The van der Waals surface area contributed by atoms with Crippen LogP contribution < -0.4 is 21.5 Å². The summed E-state index contributed by atoms with van der Waals surface area (Å²) in [6.45, 7) is 19.5. The molecule has 2 unspecified atom stereocenters. The van der Waals surface area contributed by atoms with E-state index in [-0.39, 0.29) is 47.0 Å². The number of carbonyl (C=O) groups excluding carboxylic acids is 4. The normalized spacial score (nSPS) is 13.4. The lowest BCUT2D eigenvalue weighted by Gasteiger charge is -2.34. The molecule has 3 heterocycles. The van der Waals surface area contributed by atoms with Crippen molar-refractivity contribution in [2.45, 2.75) is 129 Å². The van der Waals surface area contributed by atoms with E-state index < -0.39 is 89.8 Å². The van der Waals surface area contributed by atoms with E-state index in [0.29, 0.717) is 26.9 Å². The Morgan fingerprint density at radius 1 is 0.649 bits per heavy atom. The number of rotatable bonds is 18. The van der Waals surface area contributed by atoms with Crippen molar-refractivity contribution < 1.29 is 68.9 Å². The zero-order chi connectivity index (χ0) is 57.6. The summed E-state index contributed by atoms with van der Waals surface area (Å²) >= 11 is 6.47. The number of amides is 4. The predicted molar refractivity (Wildman–Crippen MR) is 280 cm³/mol. The minimum atomic E-state index is -5.14. The van der Waals surface area contributed by atoms with Crippen LogP contribution in [0.15, 0.2) is 112 Å². The summed E-state index contributed by atoms with van der Waals surface area (Å²) in [4.78, 5) is 59.0. The number of anilines is 2. The zero-order valence-corrected chi connectivity index (χ0v) is 46.4. The van der Waals surface area contributed by atoms with E-state index >= 15 is 0 Å². The first-order valence-electron chi connectivity index (χ1n) is 23.4. The molecular weight excluding hydrogens is 1150 g/mol. The highest BCUT2D eigenvalue weighted by Gasteiger charge is 2.62. The summed E-state index contributed by atoms with van der Waals surface area (Å²) < 4.78 is 114. The quantitative estimate of drug-likeness (QED) is 0.0278. The lowest BCUT2D eigenvalue weighted by Crippen LogP contribution is -2.61. The lowest BCUT2D eigenvalue weighted by atomic mass is 9.95. The van der Waals surface area contributed by atoms with Crippen LogP contribution in [0.25, 0.3) is 11.6 Å². The molecule has 0 bridgehead atoms. The molecule has 5 aromatic rings. The highest BCUT2D eigenvalue weighted by molar-refractivity contribution is 9.10. The van der Waals surface area contributed by atoms with Crippen LogP contribution in [0.5, 0.6) is 0 Å². The summed E-state index contributed by atoms with van der Waals surface area (Å²) in [6.07, 6.45) is -10.7. The van der Waals surface area contributed by atoms with Crippen molar-refractivity contribution in [2.24, 2.45) is 0 Å².